The van der Waals surface area contributed by atoms with E-state index in [1.807, 2.05) is 35.7 Å². The van der Waals surface area contributed by atoms with E-state index in [-0.39, 0.29) is 6.03 Å². The van der Waals surface area contributed by atoms with Gasteiger partial charge in [-0.25, -0.2) is 4.79 Å². The maximum Gasteiger partial charge on any atom is 0.318 e. The van der Waals surface area contributed by atoms with Gasteiger partial charge in [0.25, 0.3) is 0 Å². The van der Waals surface area contributed by atoms with Crippen LogP contribution >= 0.6 is 11.3 Å². The maximum atomic E-state index is 12.7. The second kappa shape index (κ2) is 8.71. The molecule has 0 aromatic carbocycles. The number of aromatic nitrogens is 1. The lowest BCUT2D eigenvalue weighted by molar-refractivity contribution is 0.186. The van der Waals surface area contributed by atoms with Crippen molar-refractivity contribution in [2.45, 2.75) is 39.9 Å². The second-order valence-corrected chi connectivity index (χ2v) is 7.59. The molecule has 3 rings (SSSR count). The molecule has 0 aliphatic heterocycles. The van der Waals surface area contributed by atoms with Crippen molar-refractivity contribution in [1.29, 1.82) is 0 Å². The first kappa shape index (κ1) is 18.3. The molecule has 0 bridgehead atoms. The number of amides is 2. The quantitative estimate of drug-likeness (QED) is 0.634. The van der Waals surface area contributed by atoms with E-state index in [1.165, 1.54) is 0 Å². The topological polar surface area (TPSA) is 71.5 Å². The van der Waals surface area contributed by atoms with Crippen LogP contribution in [0.3, 0.4) is 0 Å². The molecule has 3 aromatic heterocycles. The maximum absolute atomic E-state index is 12.7. The first-order chi connectivity index (χ1) is 12.6. The third kappa shape index (κ3) is 5.23. The molecule has 26 heavy (non-hydrogen) atoms. The van der Waals surface area contributed by atoms with Gasteiger partial charge >= 0.3 is 6.03 Å². The highest BCUT2D eigenvalue weighted by Crippen LogP contribution is 2.15. The molecule has 0 atom stereocenters. The highest BCUT2D eigenvalue weighted by molar-refractivity contribution is 7.09. The first-order valence-electron chi connectivity index (χ1n) is 8.62. The Labute approximate surface area is 156 Å². The number of hydrogen-bond donors (Lipinski definition) is 1. The molecule has 0 unspecified atom stereocenters. The van der Waals surface area contributed by atoms with Gasteiger partial charge in [-0.05, 0) is 35.9 Å². The van der Waals surface area contributed by atoms with Crippen molar-refractivity contribution in [3.63, 3.8) is 0 Å². The lowest BCUT2D eigenvalue weighted by Crippen LogP contribution is -2.38. The van der Waals surface area contributed by atoms with E-state index in [0.29, 0.717) is 31.3 Å². The van der Waals surface area contributed by atoms with E-state index in [9.17, 15) is 4.79 Å². The molecule has 0 radical (unpaired) electrons. The number of carbonyl (C=O) groups excluding carboxylic acids is 1. The van der Waals surface area contributed by atoms with Crippen molar-refractivity contribution in [3.05, 3.63) is 64.1 Å². The van der Waals surface area contributed by atoms with E-state index in [2.05, 4.69) is 24.3 Å². The van der Waals surface area contributed by atoms with Crippen LogP contribution < -0.4 is 5.32 Å². The third-order valence-corrected chi connectivity index (χ3v) is 4.64. The van der Waals surface area contributed by atoms with Gasteiger partial charge < -0.3 is 19.2 Å². The van der Waals surface area contributed by atoms with Crippen molar-refractivity contribution in [2.75, 3.05) is 0 Å². The van der Waals surface area contributed by atoms with Crippen LogP contribution in [0.15, 0.2) is 50.9 Å². The Bertz CT molecular complexity index is 758. The Hall–Kier alpha value is -2.54. The SMILES string of the molecule is CC(C)Cc1cc(CNC(=O)N(Cc2ccco2)Cc2cccs2)on1. The van der Waals surface area contributed by atoms with Crippen LogP contribution in [0.2, 0.25) is 0 Å². The average Bonchev–Trinajstić information content (AvgIpc) is 3.34. The largest absolute Gasteiger partial charge is 0.467 e. The summed E-state index contributed by atoms with van der Waals surface area (Å²) in [6, 6.07) is 9.41. The zero-order chi connectivity index (χ0) is 18.4. The normalized spacial score (nSPS) is 11.0. The number of urea groups is 1. The summed E-state index contributed by atoms with van der Waals surface area (Å²) in [5, 5.41) is 8.96. The van der Waals surface area contributed by atoms with E-state index in [1.54, 1.807) is 22.5 Å². The van der Waals surface area contributed by atoms with Gasteiger partial charge in [-0.1, -0.05) is 25.1 Å². The van der Waals surface area contributed by atoms with Gasteiger partial charge in [-0.15, -0.1) is 11.3 Å². The Kier molecular flexibility index (Phi) is 6.12. The van der Waals surface area contributed by atoms with Gasteiger partial charge in [0.2, 0.25) is 0 Å². The van der Waals surface area contributed by atoms with Gasteiger partial charge in [-0.3, -0.25) is 0 Å². The number of rotatable bonds is 8. The summed E-state index contributed by atoms with van der Waals surface area (Å²) < 4.78 is 10.7. The summed E-state index contributed by atoms with van der Waals surface area (Å²) in [5.41, 5.74) is 0.912. The number of thiophene rings is 1. The summed E-state index contributed by atoms with van der Waals surface area (Å²) in [4.78, 5) is 15.5. The van der Waals surface area contributed by atoms with Gasteiger partial charge in [0.15, 0.2) is 5.76 Å². The molecule has 0 aliphatic carbocycles. The Morgan fingerprint density at radius 2 is 2.15 bits per heavy atom. The molecule has 2 amide bonds. The molecule has 7 heteroatoms. The minimum Gasteiger partial charge on any atom is -0.467 e. The fourth-order valence-corrected chi connectivity index (χ4v) is 3.33. The fourth-order valence-electron chi connectivity index (χ4n) is 2.61. The highest BCUT2D eigenvalue weighted by Gasteiger charge is 2.17. The number of nitrogens with one attached hydrogen (secondary N) is 1. The van der Waals surface area contributed by atoms with E-state index in [0.717, 1.165) is 22.8 Å². The molecule has 0 fully saturated rings. The third-order valence-electron chi connectivity index (χ3n) is 3.78. The Morgan fingerprint density at radius 3 is 2.85 bits per heavy atom. The lowest BCUT2D eigenvalue weighted by Gasteiger charge is -2.21. The summed E-state index contributed by atoms with van der Waals surface area (Å²) in [5.74, 6) is 1.91. The number of hydrogen-bond acceptors (Lipinski definition) is 5. The smallest absolute Gasteiger partial charge is 0.318 e. The van der Waals surface area contributed by atoms with E-state index >= 15 is 0 Å². The summed E-state index contributed by atoms with van der Waals surface area (Å²) in [6.07, 6.45) is 2.47. The Balaban J connectivity index is 1.60. The molecular weight excluding hydrogens is 350 g/mol. The number of nitrogens with zero attached hydrogens (tertiary/aromatic N) is 2. The lowest BCUT2D eigenvalue weighted by atomic mass is 10.1. The molecule has 6 nitrogen and oxygen atoms in total. The molecule has 3 heterocycles. The molecular formula is C19H23N3O3S. The zero-order valence-corrected chi connectivity index (χ0v) is 15.8. The minimum atomic E-state index is -0.170. The summed E-state index contributed by atoms with van der Waals surface area (Å²) >= 11 is 1.62. The molecule has 1 N–H and O–H groups in total. The van der Waals surface area contributed by atoms with Crippen LogP contribution in [0, 0.1) is 5.92 Å². The molecule has 0 saturated carbocycles. The van der Waals surface area contributed by atoms with Crippen LogP contribution in [0.25, 0.3) is 0 Å². The van der Waals surface area contributed by atoms with Gasteiger partial charge in [0.1, 0.15) is 5.76 Å². The van der Waals surface area contributed by atoms with Crippen LogP contribution in [-0.2, 0) is 26.1 Å². The molecule has 0 aliphatic rings. The van der Waals surface area contributed by atoms with Crippen LogP contribution in [0.5, 0.6) is 0 Å². The molecule has 138 valence electrons. The number of furan rings is 1. The Morgan fingerprint density at radius 1 is 1.27 bits per heavy atom. The summed E-state index contributed by atoms with van der Waals surface area (Å²) in [6.45, 7) is 5.51. The first-order valence-corrected chi connectivity index (χ1v) is 9.50. The van der Waals surface area contributed by atoms with Gasteiger partial charge in [-0.2, -0.15) is 0 Å². The van der Waals surface area contributed by atoms with Crippen molar-refractivity contribution in [2.24, 2.45) is 5.92 Å². The van der Waals surface area contributed by atoms with Crippen molar-refractivity contribution in [3.8, 4) is 0 Å². The van der Waals surface area contributed by atoms with Gasteiger partial charge in [0, 0.05) is 10.9 Å². The predicted molar refractivity (Wildman–Crippen MR) is 99.6 cm³/mol. The molecule has 0 spiro atoms. The van der Waals surface area contributed by atoms with Crippen LogP contribution in [-0.4, -0.2) is 16.1 Å². The standard InChI is InChI=1S/C19H23N3O3S/c1-14(2)9-15-10-17(25-21-15)11-20-19(23)22(12-16-5-3-7-24-16)13-18-6-4-8-26-18/h3-8,10,14H,9,11-13H2,1-2H3,(H,20,23). The fraction of sp³-hybridized carbons (Fsp3) is 0.368. The predicted octanol–water partition coefficient (Wildman–Crippen LogP) is 4.44. The minimum absolute atomic E-state index is 0.170. The monoisotopic (exact) mass is 373 g/mol. The van der Waals surface area contributed by atoms with Gasteiger partial charge in [0.05, 0.1) is 31.6 Å². The van der Waals surface area contributed by atoms with E-state index in [4.69, 9.17) is 8.94 Å². The van der Waals surface area contributed by atoms with Crippen molar-refractivity contribution >= 4 is 17.4 Å². The van der Waals surface area contributed by atoms with Crippen LogP contribution in [0.4, 0.5) is 4.79 Å². The second-order valence-electron chi connectivity index (χ2n) is 6.56. The van der Waals surface area contributed by atoms with Crippen LogP contribution in [0.1, 0.15) is 35.9 Å². The average molecular weight is 373 g/mol. The van der Waals surface area contributed by atoms with E-state index < -0.39 is 0 Å². The highest BCUT2D eigenvalue weighted by atomic mass is 32.1. The summed E-state index contributed by atoms with van der Waals surface area (Å²) in [7, 11) is 0. The van der Waals surface area contributed by atoms with Crippen molar-refractivity contribution in [1.82, 2.24) is 15.4 Å². The number of carbonyl (C=O) groups is 1. The van der Waals surface area contributed by atoms with Crippen molar-refractivity contribution < 1.29 is 13.7 Å². The zero-order valence-electron chi connectivity index (χ0n) is 15.0. The molecule has 0 saturated heterocycles. The molecule has 3 aromatic rings.